The third-order valence-electron chi connectivity index (χ3n) is 10.2. The number of hydrogen-bond acceptors (Lipinski definition) is 0. The molecule has 2 aliphatic rings. The van der Waals surface area contributed by atoms with Gasteiger partial charge in [-0.3, -0.25) is 0 Å². The van der Waals surface area contributed by atoms with Crippen molar-refractivity contribution in [3.8, 4) is 11.1 Å². The summed E-state index contributed by atoms with van der Waals surface area (Å²) >= 11 is -3.09. The second-order valence-electron chi connectivity index (χ2n) is 12.9. The van der Waals surface area contributed by atoms with Crippen LogP contribution >= 0.6 is 0 Å². The molecule has 1 heteroatoms. The fourth-order valence-corrected chi connectivity index (χ4v) is 17.8. The predicted molar refractivity (Wildman–Crippen MR) is 200 cm³/mol. The first-order valence-corrected chi connectivity index (χ1v) is 21.3. The molecule has 0 amide bonds. The van der Waals surface area contributed by atoms with Gasteiger partial charge in [0.15, 0.2) is 0 Å². The Morgan fingerprint density at radius 3 is 1.52 bits per heavy atom. The zero-order valence-corrected chi connectivity index (χ0v) is 30.2. The molecule has 0 nitrogen and oxygen atoms in total. The van der Waals surface area contributed by atoms with E-state index < -0.39 is 21.3 Å². The van der Waals surface area contributed by atoms with Gasteiger partial charge >= 0.3 is 295 Å². The van der Waals surface area contributed by atoms with Crippen molar-refractivity contribution >= 4 is 8.78 Å². The molecule has 0 saturated carbocycles. The molecule has 0 saturated heterocycles. The molecule has 0 spiro atoms. The quantitative estimate of drug-likeness (QED) is 0.149. The molecule has 0 radical (unpaired) electrons. The van der Waals surface area contributed by atoms with Gasteiger partial charge in [-0.15, -0.1) is 0 Å². The third kappa shape index (κ3) is 5.59. The van der Waals surface area contributed by atoms with E-state index in [4.69, 9.17) is 0 Å². The molecule has 0 aliphatic heterocycles. The van der Waals surface area contributed by atoms with Gasteiger partial charge in [0.25, 0.3) is 0 Å². The van der Waals surface area contributed by atoms with Crippen LogP contribution in [0.1, 0.15) is 67.9 Å². The van der Waals surface area contributed by atoms with Gasteiger partial charge in [0, 0.05) is 0 Å². The summed E-state index contributed by atoms with van der Waals surface area (Å²) in [6, 6.07) is 59.9. The van der Waals surface area contributed by atoms with Gasteiger partial charge in [0.05, 0.1) is 0 Å². The average molecular weight is 696 g/mol. The maximum atomic E-state index is 2.57. The first-order chi connectivity index (χ1) is 23.7. The van der Waals surface area contributed by atoms with Crippen LogP contribution in [0.5, 0.6) is 0 Å². The summed E-state index contributed by atoms with van der Waals surface area (Å²) in [4.78, 5) is 0. The van der Waals surface area contributed by atoms with Gasteiger partial charge in [0.2, 0.25) is 0 Å². The molecule has 8 rings (SSSR count). The fourth-order valence-electron chi connectivity index (χ4n) is 7.90. The molecule has 0 fully saturated rings. The van der Waals surface area contributed by atoms with E-state index in [1.54, 1.807) is 6.49 Å². The van der Waals surface area contributed by atoms with Crippen LogP contribution in [0.3, 0.4) is 0 Å². The zero-order chi connectivity index (χ0) is 32.5. The molecule has 0 aromatic heterocycles. The molecular weight excluding hydrogens is 656 g/mol. The van der Waals surface area contributed by atoms with Crippen LogP contribution in [0.25, 0.3) is 16.7 Å². The van der Waals surface area contributed by atoms with Crippen molar-refractivity contribution in [2.24, 2.45) is 0 Å². The van der Waals surface area contributed by atoms with E-state index in [2.05, 4.69) is 184 Å². The van der Waals surface area contributed by atoms with Crippen LogP contribution in [0.2, 0.25) is 0 Å². The van der Waals surface area contributed by atoms with Gasteiger partial charge in [-0.05, 0) is 0 Å². The van der Waals surface area contributed by atoms with Crippen molar-refractivity contribution in [1.29, 1.82) is 0 Å². The Bertz CT molecular complexity index is 2080. The van der Waals surface area contributed by atoms with Crippen LogP contribution in [-0.4, -0.2) is 3.21 Å². The van der Waals surface area contributed by atoms with E-state index in [0.717, 1.165) is 12.8 Å². The van der Waals surface area contributed by atoms with Crippen molar-refractivity contribution in [2.75, 3.05) is 0 Å². The number of benzene rings is 6. The van der Waals surface area contributed by atoms with Gasteiger partial charge in [-0.2, -0.15) is 0 Å². The van der Waals surface area contributed by atoms with Crippen LogP contribution in [0, 0.1) is 0 Å². The Balaban J connectivity index is 1.56. The molecule has 1 atom stereocenters. The maximum absolute atomic E-state index is 3.09. The number of allylic oxidation sites excluding steroid dienone is 4. The van der Waals surface area contributed by atoms with Crippen molar-refractivity contribution in [3.05, 3.63) is 218 Å². The molecule has 232 valence electrons. The third-order valence-corrected chi connectivity index (χ3v) is 18.8. The van der Waals surface area contributed by atoms with E-state index in [1.807, 2.05) is 0 Å². The summed E-state index contributed by atoms with van der Waals surface area (Å²) in [7, 11) is 0. The molecule has 6 aromatic rings. The van der Waals surface area contributed by atoms with Crippen LogP contribution in [0.15, 0.2) is 173 Å². The van der Waals surface area contributed by atoms with Crippen molar-refractivity contribution in [2.45, 2.75) is 36.2 Å². The first kappa shape index (κ1) is 30.9. The summed E-state index contributed by atoms with van der Waals surface area (Å²) in [5, 5.41) is 0. The minimum absolute atomic E-state index is 0.231. The number of fused-ring (bicyclic) bond motifs is 3. The van der Waals surface area contributed by atoms with Crippen LogP contribution in [0.4, 0.5) is 0 Å². The summed E-state index contributed by atoms with van der Waals surface area (Å²) < 4.78 is 3.59. The Labute approximate surface area is 293 Å². The number of rotatable bonds is 8. The Morgan fingerprint density at radius 2 is 1.02 bits per heavy atom. The van der Waals surface area contributed by atoms with Crippen LogP contribution < -0.4 is 0 Å². The second kappa shape index (κ2) is 13.6. The SMILES string of the molecule is CCc1ccc2c(c1)[CH]([Zr]([C]1=C(c3ccccc3)C=CC1c1ccccc1)=[C](c1ccccc1)c1ccccc1)c1cc(CC)ccc1-2. The molecule has 48 heavy (non-hydrogen) atoms. The zero-order valence-electron chi connectivity index (χ0n) is 27.7. The molecular formula is C47H40Zr. The van der Waals surface area contributed by atoms with Gasteiger partial charge in [0.1, 0.15) is 0 Å². The van der Waals surface area contributed by atoms with Gasteiger partial charge in [-0.1, -0.05) is 0 Å². The van der Waals surface area contributed by atoms with Crippen molar-refractivity contribution < 1.29 is 21.3 Å². The predicted octanol–water partition coefficient (Wildman–Crippen LogP) is 11.5. The molecule has 1 unspecified atom stereocenters. The van der Waals surface area contributed by atoms with Crippen molar-refractivity contribution in [1.82, 2.24) is 0 Å². The number of hydrogen-bond donors (Lipinski definition) is 0. The molecule has 2 aliphatic carbocycles. The molecule has 0 heterocycles. The minimum atomic E-state index is -3.09. The molecule has 0 N–H and O–H groups in total. The normalized spacial score (nSPS) is 15.0. The monoisotopic (exact) mass is 694 g/mol. The van der Waals surface area contributed by atoms with Crippen LogP contribution in [-0.2, 0) is 34.1 Å². The topological polar surface area (TPSA) is 0 Å². The van der Waals surface area contributed by atoms with E-state index >= 15 is 0 Å². The Kier molecular flexibility index (Phi) is 8.73. The molecule has 0 bridgehead atoms. The summed E-state index contributed by atoms with van der Waals surface area (Å²) in [6.07, 6.45) is 7.03. The van der Waals surface area contributed by atoms with E-state index in [9.17, 15) is 0 Å². The fraction of sp³-hybridized carbons (Fsp3) is 0.128. The number of aryl methyl sites for hydroxylation is 2. The second-order valence-corrected chi connectivity index (χ2v) is 19.0. The Hall–Kier alpha value is -4.45. The Morgan fingerprint density at radius 1 is 0.542 bits per heavy atom. The van der Waals surface area contributed by atoms with Crippen molar-refractivity contribution in [3.63, 3.8) is 0 Å². The average Bonchev–Trinajstić information content (AvgIpc) is 3.74. The molecule has 6 aromatic carbocycles. The summed E-state index contributed by atoms with van der Waals surface area (Å²) in [5.41, 5.74) is 15.6. The van der Waals surface area contributed by atoms with Gasteiger partial charge in [-0.25, -0.2) is 0 Å². The van der Waals surface area contributed by atoms with E-state index in [0.29, 0.717) is 3.63 Å². The van der Waals surface area contributed by atoms with Gasteiger partial charge < -0.3 is 0 Å². The first-order valence-electron chi connectivity index (χ1n) is 17.4. The summed E-state index contributed by atoms with van der Waals surface area (Å²) in [5.74, 6) is 0.231. The standard InChI is InChI=1S/C17H17.C17H13.C13H10.Zr/c1-3-12-5-7-16-14(9-12)11-15-10-13(4-2)6-8-17(15)16;1-3-7-14(8-4-1)16-11-12-17(13-16)15-9-5-2-6-10-15;1-3-7-12(8-4-1)11-13-9-5-2-6-10-13;/h5-11H,3-4H2,1-2H3;1-12,16H;1-10H;. The van der Waals surface area contributed by atoms with E-state index in [-0.39, 0.29) is 5.92 Å². The summed E-state index contributed by atoms with van der Waals surface area (Å²) in [6.45, 7) is 4.59. The van der Waals surface area contributed by atoms with E-state index in [1.165, 1.54) is 61.2 Å².